The molecule has 1 aromatic carbocycles. The van der Waals surface area contributed by atoms with Crippen LogP contribution in [0, 0.1) is 0 Å². The van der Waals surface area contributed by atoms with Crippen molar-refractivity contribution in [1.82, 2.24) is 10.6 Å². The summed E-state index contributed by atoms with van der Waals surface area (Å²) in [7, 11) is 0. The van der Waals surface area contributed by atoms with Crippen molar-refractivity contribution < 1.29 is 9.53 Å². The van der Waals surface area contributed by atoms with Crippen molar-refractivity contribution in [2.45, 2.75) is 45.2 Å². The van der Waals surface area contributed by atoms with Gasteiger partial charge in [0.1, 0.15) is 5.75 Å². The summed E-state index contributed by atoms with van der Waals surface area (Å²) in [5.41, 5.74) is 1.10. The van der Waals surface area contributed by atoms with Gasteiger partial charge in [-0.3, -0.25) is 4.79 Å². The maximum Gasteiger partial charge on any atom is 0.221 e. The van der Waals surface area contributed by atoms with Crippen LogP contribution in [0.25, 0.3) is 0 Å². The Balaban J connectivity index is 1.71. The first kappa shape index (κ1) is 14.9. The van der Waals surface area contributed by atoms with Crippen LogP contribution in [0.2, 0.25) is 0 Å². The number of benzene rings is 1. The van der Waals surface area contributed by atoms with Gasteiger partial charge in [-0.15, -0.1) is 0 Å². The van der Waals surface area contributed by atoms with E-state index < -0.39 is 0 Å². The Labute approximate surface area is 120 Å². The third-order valence-corrected chi connectivity index (χ3v) is 3.48. The largest absolute Gasteiger partial charge is 0.494 e. The van der Waals surface area contributed by atoms with Crippen LogP contribution in [0.1, 0.15) is 38.2 Å². The number of carbonyl (C=O) groups is 1. The van der Waals surface area contributed by atoms with Crippen LogP contribution in [0.3, 0.4) is 0 Å². The quantitative estimate of drug-likeness (QED) is 0.803. The Hall–Kier alpha value is -1.55. The number of hydrogen-bond acceptors (Lipinski definition) is 3. The molecule has 1 aliphatic heterocycles. The molecule has 4 heteroatoms. The number of hydrogen-bond donors (Lipinski definition) is 2. The summed E-state index contributed by atoms with van der Waals surface area (Å²) in [6.45, 7) is 4.45. The molecule has 1 unspecified atom stereocenters. The van der Waals surface area contributed by atoms with Crippen LogP contribution in [0.4, 0.5) is 0 Å². The summed E-state index contributed by atoms with van der Waals surface area (Å²) >= 11 is 0. The minimum Gasteiger partial charge on any atom is -0.494 e. The van der Waals surface area contributed by atoms with Gasteiger partial charge >= 0.3 is 0 Å². The maximum absolute atomic E-state index is 11.8. The molecule has 1 saturated heterocycles. The van der Waals surface area contributed by atoms with Crippen LogP contribution < -0.4 is 15.4 Å². The highest BCUT2D eigenvalue weighted by Crippen LogP contribution is 2.13. The van der Waals surface area contributed by atoms with E-state index >= 15 is 0 Å². The highest BCUT2D eigenvalue weighted by Gasteiger charge is 2.17. The average molecular weight is 276 g/mol. The third-order valence-electron chi connectivity index (χ3n) is 3.48. The minimum atomic E-state index is 0.121. The fraction of sp³-hybridized carbons (Fsp3) is 0.562. The molecule has 1 aromatic rings. The highest BCUT2D eigenvalue weighted by molar-refractivity contribution is 5.76. The predicted octanol–water partition coefficient (Wildman–Crippen LogP) is 2.23. The van der Waals surface area contributed by atoms with Gasteiger partial charge in [0.2, 0.25) is 5.91 Å². The molecule has 0 saturated carbocycles. The van der Waals surface area contributed by atoms with Crippen molar-refractivity contribution in [3.05, 3.63) is 29.8 Å². The summed E-state index contributed by atoms with van der Waals surface area (Å²) in [4.78, 5) is 11.8. The lowest BCUT2D eigenvalue weighted by Gasteiger charge is -2.11. The summed E-state index contributed by atoms with van der Waals surface area (Å²) < 4.78 is 5.53. The lowest BCUT2D eigenvalue weighted by Crippen LogP contribution is -2.31. The van der Waals surface area contributed by atoms with Crippen LogP contribution >= 0.6 is 0 Å². The fourth-order valence-corrected chi connectivity index (χ4v) is 2.35. The van der Waals surface area contributed by atoms with E-state index in [1.807, 2.05) is 24.3 Å². The molecule has 2 N–H and O–H groups in total. The molecule has 1 heterocycles. The van der Waals surface area contributed by atoms with Gasteiger partial charge in [-0.05, 0) is 43.5 Å². The molecular formula is C16H24N2O2. The molecule has 2 rings (SSSR count). The van der Waals surface area contributed by atoms with Crippen molar-refractivity contribution >= 4 is 5.91 Å². The lowest BCUT2D eigenvalue weighted by atomic mass is 10.1. The molecule has 0 aromatic heterocycles. The predicted molar refractivity (Wildman–Crippen MR) is 79.7 cm³/mol. The van der Waals surface area contributed by atoms with E-state index in [1.54, 1.807) is 0 Å². The van der Waals surface area contributed by atoms with E-state index in [0.29, 0.717) is 19.0 Å². The monoisotopic (exact) mass is 276 g/mol. The highest BCUT2D eigenvalue weighted by atomic mass is 16.5. The molecule has 0 radical (unpaired) electrons. The maximum atomic E-state index is 11.8. The summed E-state index contributed by atoms with van der Waals surface area (Å²) in [6, 6.07) is 8.27. The van der Waals surface area contributed by atoms with E-state index in [-0.39, 0.29) is 5.91 Å². The Morgan fingerprint density at radius 1 is 1.40 bits per heavy atom. The SMILES string of the molecule is CCCOc1ccc(CNC(=O)CC2CCCN2)cc1. The first-order valence-corrected chi connectivity index (χ1v) is 7.49. The van der Waals surface area contributed by atoms with E-state index in [9.17, 15) is 4.79 Å². The molecule has 1 amide bonds. The van der Waals surface area contributed by atoms with E-state index in [4.69, 9.17) is 4.74 Å². The number of ether oxygens (including phenoxy) is 1. The van der Waals surface area contributed by atoms with Gasteiger partial charge in [0.25, 0.3) is 0 Å². The van der Waals surface area contributed by atoms with E-state index in [2.05, 4.69) is 17.6 Å². The minimum absolute atomic E-state index is 0.121. The third kappa shape index (κ3) is 4.85. The van der Waals surface area contributed by atoms with Gasteiger partial charge in [0, 0.05) is 19.0 Å². The normalized spacial score (nSPS) is 17.9. The van der Waals surface area contributed by atoms with Gasteiger partial charge in [-0.1, -0.05) is 19.1 Å². The van der Waals surface area contributed by atoms with E-state index in [1.165, 1.54) is 6.42 Å². The second-order valence-corrected chi connectivity index (χ2v) is 5.27. The second kappa shape index (κ2) is 7.90. The molecule has 4 nitrogen and oxygen atoms in total. The van der Waals surface area contributed by atoms with Crippen molar-refractivity contribution in [3.8, 4) is 5.75 Å². The zero-order valence-corrected chi connectivity index (χ0v) is 12.2. The molecule has 20 heavy (non-hydrogen) atoms. The number of carbonyl (C=O) groups excluding carboxylic acids is 1. The number of amides is 1. The van der Waals surface area contributed by atoms with Crippen molar-refractivity contribution in [2.24, 2.45) is 0 Å². The molecule has 110 valence electrons. The fourth-order valence-electron chi connectivity index (χ4n) is 2.35. The van der Waals surface area contributed by atoms with Gasteiger partial charge in [0.15, 0.2) is 0 Å². The standard InChI is InChI=1S/C16H24N2O2/c1-2-10-20-15-7-5-13(6-8-15)12-18-16(19)11-14-4-3-9-17-14/h5-8,14,17H,2-4,9-12H2,1H3,(H,18,19). The Morgan fingerprint density at radius 3 is 2.85 bits per heavy atom. The topological polar surface area (TPSA) is 50.4 Å². The van der Waals surface area contributed by atoms with Crippen molar-refractivity contribution in [1.29, 1.82) is 0 Å². The summed E-state index contributed by atoms with van der Waals surface area (Å²) in [6.07, 6.45) is 3.87. The first-order chi connectivity index (χ1) is 9.78. The van der Waals surface area contributed by atoms with Gasteiger partial charge < -0.3 is 15.4 Å². The second-order valence-electron chi connectivity index (χ2n) is 5.27. The smallest absolute Gasteiger partial charge is 0.221 e. The van der Waals surface area contributed by atoms with Gasteiger partial charge in [0.05, 0.1) is 6.61 Å². The van der Waals surface area contributed by atoms with Crippen molar-refractivity contribution in [3.63, 3.8) is 0 Å². The summed E-state index contributed by atoms with van der Waals surface area (Å²) in [5, 5.41) is 6.30. The molecule has 1 fully saturated rings. The molecule has 1 atom stereocenters. The average Bonchev–Trinajstić information content (AvgIpc) is 2.97. The molecular weight excluding hydrogens is 252 g/mol. The molecule has 0 bridgehead atoms. The van der Waals surface area contributed by atoms with Gasteiger partial charge in [-0.2, -0.15) is 0 Å². The number of rotatable bonds is 7. The van der Waals surface area contributed by atoms with Crippen LogP contribution in [-0.2, 0) is 11.3 Å². The van der Waals surface area contributed by atoms with Crippen LogP contribution in [0.15, 0.2) is 24.3 Å². The zero-order valence-electron chi connectivity index (χ0n) is 12.2. The Kier molecular flexibility index (Phi) is 5.87. The van der Waals surface area contributed by atoms with Crippen LogP contribution in [-0.4, -0.2) is 25.1 Å². The van der Waals surface area contributed by atoms with Crippen LogP contribution in [0.5, 0.6) is 5.75 Å². The first-order valence-electron chi connectivity index (χ1n) is 7.49. The molecule has 1 aliphatic rings. The Morgan fingerprint density at radius 2 is 2.20 bits per heavy atom. The number of nitrogens with one attached hydrogen (secondary N) is 2. The Bertz CT molecular complexity index is 411. The summed E-state index contributed by atoms with van der Waals surface area (Å²) in [5.74, 6) is 1.01. The van der Waals surface area contributed by atoms with Gasteiger partial charge in [-0.25, -0.2) is 0 Å². The zero-order chi connectivity index (χ0) is 14.2. The van der Waals surface area contributed by atoms with E-state index in [0.717, 1.165) is 37.3 Å². The molecule has 0 spiro atoms. The molecule has 0 aliphatic carbocycles. The lowest BCUT2D eigenvalue weighted by molar-refractivity contribution is -0.121. The van der Waals surface area contributed by atoms with Crippen molar-refractivity contribution in [2.75, 3.05) is 13.2 Å².